The fourth-order valence-electron chi connectivity index (χ4n) is 1.16. The normalized spacial score (nSPS) is 10.1. The van der Waals surface area contributed by atoms with E-state index in [1.807, 2.05) is 37.4 Å². The van der Waals surface area contributed by atoms with Crippen molar-refractivity contribution in [2.75, 3.05) is 12.4 Å². The minimum atomic E-state index is 0.789. The molecular formula is C10H9ClN2S. The molecule has 0 bridgehead atoms. The summed E-state index contributed by atoms with van der Waals surface area (Å²) in [7, 11) is 1.85. The highest BCUT2D eigenvalue weighted by Crippen LogP contribution is 2.30. The fourth-order valence-corrected chi connectivity index (χ4v) is 2.18. The molecule has 2 heterocycles. The molecule has 0 amide bonds. The van der Waals surface area contributed by atoms with Gasteiger partial charge in [-0.1, -0.05) is 17.7 Å². The molecule has 2 nitrogen and oxygen atoms in total. The average molecular weight is 225 g/mol. The lowest BCUT2D eigenvalue weighted by Gasteiger charge is -2.00. The highest BCUT2D eigenvalue weighted by molar-refractivity contribution is 7.19. The quantitative estimate of drug-likeness (QED) is 0.845. The van der Waals surface area contributed by atoms with Gasteiger partial charge in [0.15, 0.2) is 0 Å². The highest BCUT2D eigenvalue weighted by atomic mass is 35.5. The van der Waals surface area contributed by atoms with Crippen molar-refractivity contribution in [1.82, 2.24) is 4.98 Å². The Morgan fingerprint density at radius 3 is 2.79 bits per heavy atom. The summed E-state index contributed by atoms with van der Waals surface area (Å²) in [6.45, 7) is 0. The molecule has 0 aliphatic heterocycles. The molecule has 0 aliphatic carbocycles. The second-order valence-corrected chi connectivity index (χ2v) is 4.48. The molecule has 0 spiro atoms. The first-order valence-electron chi connectivity index (χ1n) is 4.20. The Hall–Kier alpha value is -1.06. The van der Waals surface area contributed by atoms with Crippen LogP contribution in [0.1, 0.15) is 0 Å². The van der Waals surface area contributed by atoms with Crippen LogP contribution in [-0.4, -0.2) is 12.0 Å². The first kappa shape index (κ1) is 9.49. The van der Waals surface area contributed by atoms with E-state index in [0.717, 1.165) is 20.7 Å². The fraction of sp³-hybridized carbons (Fsp3) is 0.100. The Morgan fingerprint density at radius 1 is 1.29 bits per heavy atom. The lowest BCUT2D eigenvalue weighted by atomic mass is 10.3. The van der Waals surface area contributed by atoms with E-state index in [1.54, 1.807) is 0 Å². The lowest BCUT2D eigenvalue weighted by molar-refractivity contribution is 1.30. The van der Waals surface area contributed by atoms with Crippen molar-refractivity contribution < 1.29 is 0 Å². The second-order valence-electron chi connectivity index (χ2n) is 2.76. The maximum atomic E-state index is 5.86. The van der Waals surface area contributed by atoms with Crippen molar-refractivity contribution in [2.24, 2.45) is 0 Å². The van der Waals surface area contributed by atoms with Crippen molar-refractivity contribution >= 4 is 28.8 Å². The van der Waals surface area contributed by atoms with E-state index in [0.29, 0.717) is 0 Å². The summed E-state index contributed by atoms with van der Waals surface area (Å²) in [5, 5.41) is 3.00. The van der Waals surface area contributed by atoms with Gasteiger partial charge in [-0.05, 0) is 24.3 Å². The number of anilines is 1. The van der Waals surface area contributed by atoms with Gasteiger partial charge in [0.05, 0.1) is 14.9 Å². The molecule has 2 aromatic heterocycles. The van der Waals surface area contributed by atoms with Crippen molar-refractivity contribution in [3.05, 3.63) is 34.7 Å². The Labute approximate surface area is 91.6 Å². The summed E-state index contributed by atoms with van der Waals surface area (Å²) in [4.78, 5) is 5.51. The van der Waals surface area contributed by atoms with E-state index in [-0.39, 0.29) is 0 Å². The number of rotatable bonds is 2. The van der Waals surface area contributed by atoms with Crippen LogP contribution in [0.5, 0.6) is 0 Å². The number of hydrogen-bond donors (Lipinski definition) is 1. The van der Waals surface area contributed by atoms with Crippen LogP contribution < -0.4 is 5.32 Å². The zero-order valence-corrected chi connectivity index (χ0v) is 9.19. The molecule has 14 heavy (non-hydrogen) atoms. The molecule has 2 rings (SSSR count). The molecule has 0 atom stereocenters. The molecule has 0 fully saturated rings. The number of nitrogens with zero attached hydrogens (tertiary/aromatic N) is 1. The zero-order chi connectivity index (χ0) is 9.97. The average Bonchev–Trinajstić information content (AvgIpc) is 2.65. The summed E-state index contributed by atoms with van der Waals surface area (Å²) in [5.41, 5.74) is 0.953. The third-order valence-electron chi connectivity index (χ3n) is 1.83. The molecule has 0 radical (unpaired) electrons. The molecule has 0 aliphatic rings. The van der Waals surface area contributed by atoms with Gasteiger partial charge in [0.25, 0.3) is 0 Å². The van der Waals surface area contributed by atoms with E-state index in [2.05, 4.69) is 10.3 Å². The topological polar surface area (TPSA) is 24.9 Å². The maximum absolute atomic E-state index is 5.86. The molecular weight excluding hydrogens is 216 g/mol. The minimum absolute atomic E-state index is 0.789. The van der Waals surface area contributed by atoms with Crippen LogP contribution in [0, 0.1) is 0 Å². The van der Waals surface area contributed by atoms with Gasteiger partial charge >= 0.3 is 0 Å². The molecule has 2 aromatic rings. The van der Waals surface area contributed by atoms with Crippen molar-refractivity contribution in [3.63, 3.8) is 0 Å². The van der Waals surface area contributed by atoms with Gasteiger partial charge in [0, 0.05) is 7.05 Å². The number of pyridine rings is 1. The van der Waals surface area contributed by atoms with Crippen LogP contribution in [0.4, 0.5) is 5.82 Å². The third-order valence-corrected chi connectivity index (χ3v) is 3.08. The first-order valence-corrected chi connectivity index (χ1v) is 5.39. The van der Waals surface area contributed by atoms with Crippen LogP contribution in [0.2, 0.25) is 4.34 Å². The van der Waals surface area contributed by atoms with Crippen LogP contribution in [0.3, 0.4) is 0 Å². The molecule has 72 valence electrons. The van der Waals surface area contributed by atoms with Gasteiger partial charge in [-0.25, -0.2) is 4.98 Å². The molecule has 0 saturated heterocycles. The molecule has 0 saturated carbocycles. The smallest absolute Gasteiger partial charge is 0.126 e. The number of halogens is 1. The largest absolute Gasteiger partial charge is 0.373 e. The molecule has 0 aromatic carbocycles. The number of aromatic nitrogens is 1. The van der Waals surface area contributed by atoms with Crippen LogP contribution in [0.25, 0.3) is 10.6 Å². The van der Waals surface area contributed by atoms with E-state index in [9.17, 15) is 0 Å². The number of hydrogen-bond acceptors (Lipinski definition) is 3. The van der Waals surface area contributed by atoms with Gasteiger partial charge in [0.1, 0.15) is 5.82 Å². The van der Waals surface area contributed by atoms with E-state index < -0.39 is 0 Å². The SMILES string of the molecule is CNc1cccc(-c2ccc(Cl)s2)n1. The monoisotopic (exact) mass is 224 g/mol. The second kappa shape index (κ2) is 3.98. The maximum Gasteiger partial charge on any atom is 0.126 e. The third kappa shape index (κ3) is 1.89. The number of nitrogens with one attached hydrogen (secondary N) is 1. The van der Waals surface area contributed by atoms with Crippen LogP contribution in [-0.2, 0) is 0 Å². The molecule has 4 heteroatoms. The predicted octanol–water partition coefficient (Wildman–Crippen LogP) is 3.51. The summed E-state index contributed by atoms with van der Waals surface area (Å²) in [6.07, 6.45) is 0. The van der Waals surface area contributed by atoms with Gasteiger partial charge in [0.2, 0.25) is 0 Å². The van der Waals surface area contributed by atoms with Gasteiger partial charge in [-0.3, -0.25) is 0 Å². The van der Waals surface area contributed by atoms with Crippen molar-refractivity contribution in [1.29, 1.82) is 0 Å². The first-order chi connectivity index (χ1) is 6.79. The Balaban J connectivity index is 2.41. The molecule has 1 N–H and O–H groups in total. The highest BCUT2D eigenvalue weighted by Gasteiger charge is 2.02. The van der Waals surface area contributed by atoms with E-state index in [1.165, 1.54) is 11.3 Å². The zero-order valence-electron chi connectivity index (χ0n) is 7.62. The summed E-state index contributed by atoms with van der Waals surface area (Å²) < 4.78 is 0.789. The van der Waals surface area contributed by atoms with Gasteiger partial charge in [-0.15, -0.1) is 11.3 Å². The van der Waals surface area contributed by atoms with Gasteiger partial charge < -0.3 is 5.32 Å². The number of thiophene rings is 1. The molecule has 0 unspecified atom stereocenters. The Morgan fingerprint density at radius 2 is 2.14 bits per heavy atom. The standard InChI is InChI=1S/C10H9ClN2S/c1-12-10-4-2-3-7(13-10)8-5-6-9(11)14-8/h2-6H,1H3,(H,12,13). The van der Waals surface area contributed by atoms with Crippen molar-refractivity contribution in [3.8, 4) is 10.6 Å². The Bertz CT molecular complexity index is 439. The minimum Gasteiger partial charge on any atom is -0.373 e. The van der Waals surface area contributed by atoms with Crippen LogP contribution >= 0.6 is 22.9 Å². The lowest BCUT2D eigenvalue weighted by Crippen LogP contribution is -1.91. The van der Waals surface area contributed by atoms with Gasteiger partial charge in [-0.2, -0.15) is 0 Å². The van der Waals surface area contributed by atoms with Crippen LogP contribution in [0.15, 0.2) is 30.3 Å². The van der Waals surface area contributed by atoms with Crippen molar-refractivity contribution in [2.45, 2.75) is 0 Å². The predicted molar refractivity (Wildman–Crippen MR) is 62.1 cm³/mol. The summed E-state index contributed by atoms with van der Waals surface area (Å²) in [6, 6.07) is 9.74. The van der Waals surface area contributed by atoms with E-state index in [4.69, 9.17) is 11.6 Å². The summed E-state index contributed by atoms with van der Waals surface area (Å²) in [5.74, 6) is 0.868. The van der Waals surface area contributed by atoms with E-state index >= 15 is 0 Å². The Kier molecular flexibility index (Phi) is 2.70. The summed E-state index contributed by atoms with van der Waals surface area (Å²) >= 11 is 7.39.